The van der Waals surface area contributed by atoms with Gasteiger partial charge in [0.05, 0.1) is 12.0 Å². The summed E-state index contributed by atoms with van der Waals surface area (Å²) >= 11 is 1.52. The monoisotopic (exact) mass is 322 g/mol. The van der Waals surface area contributed by atoms with Crippen molar-refractivity contribution < 1.29 is 9.53 Å². The standard InChI is InChI=1S/C16H22N2O3S/c1-7-11-17-13-12(9(3)10(4)22-13)14(19)18(11)16(5,6)15(20)21-8-2/h7-8H2,1-6H3. The summed E-state index contributed by atoms with van der Waals surface area (Å²) in [5.41, 5.74) is -0.308. The summed E-state index contributed by atoms with van der Waals surface area (Å²) in [6, 6.07) is 0. The van der Waals surface area contributed by atoms with Gasteiger partial charge in [0.1, 0.15) is 16.2 Å². The van der Waals surface area contributed by atoms with E-state index in [1.165, 1.54) is 15.9 Å². The minimum absolute atomic E-state index is 0.165. The number of fused-ring (bicyclic) bond motifs is 1. The lowest BCUT2D eigenvalue weighted by Crippen LogP contribution is -2.45. The van der Waals surface area contributed by atoms with Gasteiger partial charge in [0.2, 0.25) is 0 Å². The van der Waals surface area contributed by atoms with Crippen LogP contribution in [0.3, 0.4) is 0 Å². The van der Waals surface area contributed by atoms with E-state index in [4.69, 9.17) is 4.74 Å². The van der Waals surface area contributed by atoms with Gasteiger partial charge in [-0.05, 0) is 40.2 Å². The number of aryl methyl sites for hydroxylation is 3. The molecule has 2 rings (SSSR count). The average molecular weight is 322 g/mol. The average Bonchev–Trinajstić information content (AvgIpc) is 2.73. The van der Waals surface area contributed by atoms with Crippen LogP contribution in [0.5, 0.6) is 0 Å². The number of thiophene rings is 1. The number of hydrogen-bond acceptors (Lipinski definition) is 5. The van der Waals surface area contributed by atoms with Crippen LogP contribution in [0.4, 0.5) is 0 Å². The zero-order valence-corrected chi connectivity index (χ0v) is 14.8. The lowest BCUT2D eigenvalue weighted by molar-refractivity contribution is -0.152. The second kappa shape index (κ2) is 5.83. The maximum Gasteiger partial charge on any atom is 0.331 e. The molecule has 6 heteroatoms. The van der Waals surface area contributed by atoms with Gasteiger partial charge in [-0.25, -0.2) is 9.78 Å². The Bertz CT molecular complexity index is 787. The van der Waals surface area contributed by atoms with Crippen molar-refractivity contribution in [2.75, 3.05) is 6.61 Å². The largest absolute Gasteiger partial charge is 0.464 e. The molecule has 22 heavy (non-hydrogen) atoms. The predicted molar refractivity (Wildman–Crippen MR) is 88.7 cm³/mol. The fourth-order valence-corrected chi connectivity index (χ4v) is 3.59. The highest BCUT2D eigenvalue weighted by molar-refractivity contribution is 7.18. The summed E-state index contributed by atoms with van der Waals surface area (Å²) < 4.78 is 6.63. The number of hydrogen-bond donors (Lipinski definition) is 0. The third-order valence-corrected chi connectivity index (χ3v) is 5.02. The first kappa shape index (κ1) is 16.7. The molecule has 2 aromatic rings. The van der Waals surface area contributed by atoms with Crippen molar-refractivity contribution in [3.8, 4) is 0 Å². The zero-order chi connectivity index (χ0) is 16.7. The summed E-state index contributed by atoms with van der Waals surface area (Å²) in [5.74, 6) is 0.189. The Balaban J connectivity index is 2.82. The van der Waals surface area contributed by atoms with Gasteiger partial charge < -0.3 is 4.74 Å². The molecule has 5 nitrogen and oxygen atoms in total. The van der Waals surface area contributed by atoms with Crippen LogP contribution in [0.25, 0.3) is 10.2 Å². The topological polar surface area (TPSA) is 61.2 Å². The highest BCUT2D eigenvalue weighted by atomic mass is 32.1. The second-order valence-corrected chi connectivity index (χ2v) is 6.97. The molecule has 0 atom stereocenters. The van der Waals surface area contributed by atoms with E-state index in [9.17, 15) is 9.59 Å². The summed E-state index contributed by atoms with van der Waals surface area (Å²) in [7, 11) is 0. The van der Waals surface area contributed by atoms with Gasteiger partial charge in [0.25, 0.3) is 5.56 Å². The number of carbonyl (C=O) groups excluding carboxylic acids is 1. The van der Waals surface area contributed by atoms with Crippen molar-refractivity contribution in [1.29, 1.82) is 0 Å². The molecule has 0 aromatic carbocycles. The number of aromatic nitrogens is 2. The minimum atomic E-state index is -1.08. The summed E-state index contributed by atoms with van der Waals surface area (Å²) in [6.07, 6.45) is 0.573. The molecule has 0 radical (unpaired) electrons. The third kappa shape index (κ3) is 2.45. The highest BCUT2D eigenvalue weighted by Crippen LogP contribution is 2.28. The Morgan fingerprint density at radius 1 is 1.32 bits per heavy atom. The first-order valence-electron chi connectivity index (χ1n) is 7.45. The van der Waals surface area contributed by atoms with Gasteiger partial charge in [0.15, 0.2) is 0 Å². The van der Waals surface area contributed by atoms with E-state index in [0.29, 0.717) is 17.6 Å². The van der Waals surface area contributed by atoms with E-state index in [1.54, 1.807) is 20.8 Å². The molecule has 0 amide bonds. The maximum atomic E-state index is 13.0. The van der Waals surface area contributed by atoms with Crippen LogP contribution in [0.1, 0.15) is 44.0 Å². The lowest BCUT2D eigenvalue weighted by atomic mass is 10.0. The highest BCUT2D eigenvalue weighted by Gasteiger charge is 2.35. The molecule has 0 aliphatic heterocycles. The Morgan fingerprint density at radius 2 is 1.95 bits per heavy atom. The molecule has 0 aliphatic carbocycles. The fourth-order valence-electron chi connectivity index (χ4n) is 2.55. The number of rotatable bonds is 4. The Labute approximate surface area is 133 Å². The van der Waals surface area contributed by atoms with Crippen LogP contribution in [0, 0.1) is 13.8 Å². The Kier molecular flexibility index (Phi) is 4.42. The van der Waals surface area contributed by atoms with E-state index in [1.807, 2.05) is 20.8 Å². The summed E-state index contributed by atoms with van der Waals surface area (Å²) in [6.45, 7) is 11.3. The number of esters is 1. The molecule has 0 spiro atoms. The summed E-state index contributed by atoms with van der Waals surface area (Å²) in [5, 5.41) is 0.608. The van der Waals surface area contributed by atoms with E-state index < -0.39 is 11.5 Å². The number of nitrogens with zero attached hydrogens (tertiary/aromatic N) is 2. The van der Waals surface area contributed by atoms with E-state index in [0.717, 1.165) is 15.3 Å². The predicted octanol–water partition coefficient (Wildman–Crippen LogP) is 2.94. The molecular weight excluding hydrogens is 300 g/mol. The van der Waals surface area contributed by atoms with Crippen molar-refractivity contribution in [3.05, 3.63) is 26.6 Å². The molecule has 120 valence electrons. The smallest absolute Gasteiger partial charge is 0.331 e. The Morgan fingerprint density at radius 3 is 2.50 bits per heavy atom. The van der Waals surface area contributed by atoms with Gasteiger partial charge in [-0.15, -0.1) is 11.3 Å². The second-order valence-electron chi connectivity index (χ2n) is 5.77. The van der Waals surface area contributed by atoms with Crippen molar-refractivity contribution in [1.82, 2.24) is 9.55 Å². The normalized spacial score (nSPS) is 11.9. The van der Waals surface area contributed by atoms with Gasteiger partial charge in [-0.3, -0.25) is 9.36 Å². The maximum absolute atomic E-state index is 13.0. The minimum Gasteiger partial charge on any atom is -0.464 e. The van der Waals surface area contributed by atoms with Crippen molar-refractivity contribution >= 4 is 27.5 Å². The molecule has 0 saturated heterocycles. The number of ether oxygens (including phenoxy) is 1. The van der Waals surface area contributed by atoms with E-state index in [-0.39, 0.29) is 12.2 Å². The molecule has 0 saturated carbocycles. The molecule has 0 unspecified atom stereocenters. The Hall–Kier alpha value is -1.69. The molecule has 0 aliphatic rings. The van der Waals surface area contributed by atoms with Crippen LogP contribution in [0.15, 0.2) is 4.79 Å². The van der Waals surface area contributed by atoms with Gasteiger partial charge in [-0.2, -0.15) is 0 Å². The van der Waals surface area contributed by atoms with Gasteiger partial charge >= 0.3 is 5.97 Å². The summed E-state index contributed by atoms with van der Waals surface area (Å²) in [4.78, 5) is 31.8. The van der Waals surface area contributed by atoms with Gasteiger partial charge in [-0.1, -0.05) is 6.92 Å². The molecule has 0 N–H and O–H groups in total. The van der Waals surface area contributed by atoms with Crippen molar-refractivity contribution in [2.24, 2.45) is 0 Å². The molecule has 0 fully saturated rings. The van der Waals surface area contributed by atoms with Crippen LogP contribution >= 0.6 is 11.3 Å². The van der Waals surface area contributed by atoms with Crippen LogP contribution in [-0.2, 0) is 21.5 Å². The third-order valence-electron chi connectivity index (χ3n) is 3.92. The van der Waals surface area contributed by atoms with Crippen molar-refractivity contribution in [2.45, 2.75) is 53.5 Å². The molecule has 2 heterocycles. The van der Waals surface area contributed by atoms with Crippen LogP contribution in [0.2, 0.25) is 0 Å². The first-order chi connectivity index (χ1) is 10.3. The fraction of sp³-hybridized carbons (Fsp3) is 0.562. The molecule has 2 aromatic heterocycles. The zero-order valence-electron chi connectivity index (χ0n) is 13.9. The number of carbonyl (C=O) groups is 1. The molecule has 0 bridgehead atoms. The van der Waals surface area contributed by atoms with Crippen molar-refractivity contribution in [3.63, 3.8) is 0 Å². The lowest BCUT2D eigenvalue weighted by Gasteiger charge is -2.27. The van der Waals surface area contributed by atoms with Crippen LogP contribution < -0.4 is 5.56 Å². The first-order valence-corrected chi connectivity index (χ1v) is 8.26. The van der Waals surface area contributed by atoms with Crippen LogP contribution in [-0.4, -0.2) is 22.1 Å². The van der Waals surface area contributed by atoms with E-state index >= 15 is 0 Å². The quantitative estimate of drug-likeness (QED) is 0.812. The SMILES string of the molecule is CCOC(=O)C(C)(C)n1c(CC)nc2sc(C)c(C)c2c1=O. The van der Waals surface area contributed by atoms with Gasteiger partial charge in [0, 0.05) is 11.3 Å². The molecular formula is C16H22N2O3S. The van der Waals surface area contributed by atoms with E-state index in [2.05, 4.69) is 4.98 Å².